The maximum atomic E-state index is 11.8. The molecule has 1 amide bonds. The minimum Gasteiger partial charge on any atom is -0.444 e. The standard InChI is InChI=1S/C24H24NO2P/c1-25-19-20(27-24(25)26)17-18-28(21-11-5-2-6-12-21,22-13-7-3-8-14-22)23-15-9-4-10-16-23/h2-16,18,20H,17,19H2,1H3. The van der Waals surface area contributed by atoms with Gasteiger partial charge in [-0.2, -0.15) is 0 Å². The molecule has 3 aromatic carbocycles. The van der Waals surface area contributed by atoms with Crippen molar-refractivity contribution < 1.29 is 9.53 Å². The van der Waals surface area contributed by atoms with Gasteiger partial charge in [-0.15, -0.1) is 0 Å². The Bertz CT molecular complexity index is 883. The molecule has 1 fully saturated rings. The Hall–Kier alpha value is -2.77. The summed E-state index contributed by atoms with van der Waals surface area (Å²) in [5.41, 5.74) is 0. The van der Waals surface area contributed by atoms with Crippen LogP contribution in [0.1, 0.15) is 6.42 Å². The number of hydrogen-bond acceptors (Lipinski definition) is 2. The van der Waals surface area contributed by atoms with Crippen LogP contribution in [0.25, 0.3) is 0 Å². The molecule has 28 heavy (non-hydrogen) atoms. The molecule has 0 N–H and O–H groups in total. The average Bonchev–Trinajstić information content (AvgIpc) is 3.08. The summed E-state index contributed by atoms with van der Waals surface area (Å²) in [6.07, 6.45) is 0.386. The Labute approximate surface area is 166 Å². The molecule has 4 rings (SSSR count). The van der Waals surface area contributed by atoms with Crippen molar-refractivity contribution in [1.82, 2.24) is 4.90 Å². The van der Waals surface area contributed by atoms with Gasteiger partial charge in [0, 0.05) is 13.5 Å². The number of amides is 1. The van der Waals surface area contributed by atoms with E-state index in [0.717, 1.165) is 6.42 Å². The molecule has 142 valence electrons. The summed E-state index contributed by atoms with van der Waals surface area (Å²) in [5.74, 6) is 2.42. The maximum Gasteiger partial charge on any atom is 0.409 e. The highest BCUT2D eigenvalue weighted by molar-refractivity contribution is 7.94. The number of ether oxygens (including phenoxy) is 1. The molecule has 1 unspecified atom stereocenters. The SMILES string of the molecule is CN1CC(CC=P(c2ccccc2)(c2ccccc2)c2ccccc2)OC1=O. The predicted octanol–water partition coefficient (Wildman–Crippen LogP) is 3.62. The Kier molecular flexibility index (Phi) is 5.36. The summed E-state index contributed by atoms with van der Waals surface area (Å²) in [4.78, 5) is 13.5. The van der Waals surface area contributed by atoms with E-state index < -0.39 is 6.89 Å². The van der Waals surface area contributed by atoms with Crippen LogP contribution in [0, 0.1) is 0 Å². The molecule has 3 aromatic rings. The lowest BCUT2D eigenvalue weighted by atomic mass is 10.3. The number of nitrogens with zero attached hydrogens (tertiary/aromatic N) is 1. The van der Waals surface area contributed by atoms with Gasteiger partial charge in [-0.05, 0) is 22.8 Å². The number of benzene rings is 3. The topological polar surface area (TPSA) is 29.5 Å². The van der Waals surface area contributed by atoms with Gasteiger partial charge in [0.1, 0.15) is 6.10 Å². The second-order valence-electron chi connectivity index (χ2n) is 7.03. The first-order chi connectivity index (χ1) is 13.7. The van der Waals surface area contributed by atoms with Gasteiger partial charge in [0.2, 0.25) is 0 Å². The lowest BCUT2D eigenvalue weighted by Gasteiger charge is -2.29. The molecule has 3 nitrogen and oxygen atoms in total. The van der Waals surface area contributed by atoms with Crippen molar-refractivity contribution >= 4 is 34.7 Å². The monoisotopic (exact) mass is 389 g/mol. The van der Waals surface area contributed by atoms with Crippen molar-refractivity contribution in [2.75, 3.05) is 13.6 Å². The molecule has 0 spiro atoms. The van der Waals surface area contributed by atoms with Crippen molar-refractivity contribution in [1.29, 1.82) is 0 Å². The number of rotatable bonds is 5. The summed E-state index contributed by atoms with van der Waals surface area (Å²) >= 11 is 0. The number of cyclic esters (lactones) is 1. The Morgan fingerprint density at radius 3 is 1.64 bits per heavy atom. The van der Waals surface area contributed by atoms with E-state index >= 15 is 0 Å². The van der Waals surface area contributed by atoms with Gasteiger partial charge in [0.25, 0.3) is 0 Å². The lowest BCUT2D eigenvalue weighted by molar-refractivity contribution is 0.137. The molecule has 1 atom stereocenters. The zero-order valence-corrected chi connectivity index (χ0v) is 16.8. The van der Waals surface area contributed by atoms with E-state index in [4.69, 9.17) is 4.74 Å². The number of carbonyl (C=O) groups excluding carboxylic acids is 1. The molecule has 0 bridgehead atoms. The largest absolute Gasteiger partial charge is 0.444 e. The van der Waals surface area contributed by atoms with Crippen molar-refractivity contribution in [3.05, 3.63) is 91.0 Å². The third kappa shape index (κ3) is 3.50. The van der Waals surface area contributed by atoms with Crippen LogP contribution in [0.4, 0.5) is 4.79 Å². The molecule has 0 radical (unpaired) electrons. The molecule has 4 heteroatoms. The van der Waals surface area contributed by atoms with Gasteiger partial charge in [0.05, 0.1) is 6.54 Å². The van der Waals surface area contributed by atoms with Gasteiger partial charge in [-0.1, -0.05) is 96.8 Å². The van der Waals surface area contributed by atoms with Crippen LogP contribution in [0.3, 0.4) is 0 Å². The number of likely N-dealkylation sites (N-methyl/N-ethyl adjacent to an activating group) is 1. The van der Waals surface area contributed by atoms with E-state index in [0.29, 0.717) is 6.54 Å². The van der Waals surface area contributed by atoms with Crippen LogP contribution in [-0.4, -0.2) is 36.5 Å². The number of carbonyl (C=O) groups is 1. The summed E-state index contributed by atoms with van der Waals surface area (Å²) in [6.45, 7) is -1.35. The summed E-state index contributed by atoms with van der Waals surface area (Å²) < 4.78 is 5.55. The molecule has 0 aliphatic carbocycles. The van der Waals surface area contributed by atoms with Gasteiger partial charge in [-0.25, -0.2) is 4.79 Å². The highest BCUT2D eigenvalue weighted by atomic mass is 31.2. The molecule has 1 aliphatic rings. The van der Waals surface area contributed by atoms with Gasteiger partial charge < -0.3 is 9.64 Å². The van der Waals surface area contributed by atoms with E-state index in [1.165, 1.54) is 15.9 Å². The minimum atomic E-state index is -1.98. The van der Waals surface area contributed by atoms with Gasteiger partial charge in [0.15, 0.2) is 0 Å². The van der Waals surface area contributed by atoms with E-state index in [2.05, 4.69) is 96.8 Å². The molecular weight excluding hydrogens is 365 g/mol. The van der Waals surface area contributed by atoms with E-state index in [9.17, 15) is 4.79 Å². The van der Waals surface area contributed by atoms with Crippen molar-refractivity contribution in [2.45, 2.75) is 12.5 Å². The minimum absolute atomic E-state index is 0.104. The first-order valence-electron chi connectivity index (χ1n) is 9.52. The lowest BCUT2D eigenvalue weighted by Crippen LogP contribution is -2.28. The van der Waals surface area contributed by atoms with Crippen LogP contribution >= 0.6 is 6.89 Å². The third-order valence-corrected chi connectivity index (χ3v) is 9.29. The molecule has 1 heterocycles. The predicted molar refractivity (Wildman–Crippen MR) is 119 cm³/mol. The van der Waals surface area contributed by atoms with E-state index in [-0.39, 0.29) is 12.2 Å². The van der Waals surface area contributed by atoms with Crippen molar-refractivity contribution in [3.8, 4) is 0 Å². The van der Waals surface area contributed by atoms with Crippen LogP contribution in [-0.2, 0) is 4.74 Å². The molecule has 0 aromatic heterocycles. The summed E-state index contributed by atoms with van der Waals surface area (Å²) in [5, 5.41) is 3.93. The van der Waals surface area contributed by atoms with Crippen molar-refractivity contribution in [2.24, 2.45) is 0 Å². The second kappa shape index (κ2) is 8.08. The maximum absolute atomic E-state index is 11.8. The third-order valence-electron chi connectivity index (χ3n) is 5.19. The first kappa shape index (κ1) is 18.6. The van der Waals surface area contributed by atoms with Crippen LogP contribution in [0.5, 0.6) is 0 Å². The fourth-order valence-electron chi connectivity index (χ4n) is 3.80. The highest BCUT2D eigenvalue weighted by Gasteiger charge is 2.30. The smallest absolute Gasteiger partial charge is 0.409 e. The van der Waals surface area contributed by atoms with Gasteiger partial charge in [-0.3, -0.25) is 0 Å². The fourth-order valence-corrected chi connectivity index (χ4v) is 7.81. The van der Waals surface area contributed by atoms with E-state index in [1.807, 2.05) is 0 Å². The average molecular weight is 389 g/mol. The summed E-state index contributed by atoms with van der Waals surface area (Å²) in [6, 6.07) is 32.1. The zero-order chi connectivity index (χ0) is 19.4. The van der Waals surface area contributed by atoms with Gasteiger partial charge >= 0.3 is 6.09 Å². The summed E-state index contributed by atoms with van der Waals surface area (Å²) in [7, 11) is 1.79. The molecular formula is C24H24NO2P. The first-order valence-corrected chi connectivity index (χ1v) is 11.4. The van der Waals surface area contributed by atoms with Crippen LogP contribution < -0.4 is 15.9 Å². The van der Waals surface area contributed by atoms with E-state index in [1.54, 1.807) is 11.9 Å². The highest BCUT2D eigenvalue weighted by Crippen LogP contribution is 2.44. The molecule has 1 aliphatic heterocycles. The molecule has 1 saturated heterocycles. The second-order valence-corrected chi connectivity index (χ2v) is 10.4. The normalized spacial score (nSPS) is 16.7. The zero-order valence-electron chi connectivity index (χ0n) is 15.9. The quantitative estimate of drug-likeness (QED) is 0.624. The molecule has 0 saturated carbocycles. The van der Waals surface area contributed by atoms with Crippen LogP contribution in [0.2, 0.25) is 0 Å². The Morgan fingerprint density at radius 2 is 1.29 bits per heavy atom. The Balaban J connectivity index is 1.91. The number of hydrogen-bond donors (Lipinski definition) is 0. The van der Waals surface area contributed by atoms with Crippen LogP contribution in [0.15, 0.2) is 91.0 Å². The Morgan fingerprint density at radius 1 is 0.857 bits per heavy atom. The fraction of sp³-hybridized carbons (Fsp3) is 0.167. The van der Waals surface area contributed by atoms with Crippen molar-refractivity contribution in [3.63, 3.8) is 0 Å².